The van der Waals surface area contributed by atoms with Crippen LogP contribution in [0.15, 0.2) is 0 Å². The molecule has 12 heavy (non-hydrogen) atoms. The second-order valence-corrected chi connectivity index (χ2v) is 4.41. The zero-order valence-corrected chi connectivity index (χ0v) is 8.29. The summed E-state index contributed by atoms with van der Waals surface area (Å²) in [4.78, 5) is 0. The Labute approximate surface area is 79.1 Å². The van der Waals surface area contributed by atoms with Crippen LogP contribution < -0.4 is 10.6 Å². The Kier molecular flexibility index (Phi) is 2.22. The van der Waals surface area contributed by atoms with Crippen molar-refractivity contribution < 1.29 is 0 Å². The van der Waals surface area contributed by atoms with E-state index in [-0.39, 0.29) is 0 Å². The summed E-state index contributed by atoms with van der Waals surface area (Å²) in [6.45, 7) is 0. The molecule has 0 amide bonds. The number of rotatable bonds is 1. The monoisotopic (exact) mass is 184 g/mol. The van der Waals surface area contributed by atoms with Gasteiger partial charge >= 0.3 is 0 Å². The molecule has 2 aliphatic carbocycles. The average Bonchev–Trinajstić information content (AvgIpc) is 2.64. The lowest BCUT2D eigenvalue weighted by molar-refractivity contribution is 0.390. The van der Waals surface area contributed by atoms with E-state index in [1.54, 1.807) is 0 Å². The molecular formula is C9H16N2S. The van der Waals surface area contributed by atoms with E-state index >= 15 is 0 Å². The fourth-order valence-electron chi connectivity index (χ4n) is 2.66. The Bertz CT molecular complexity index is 193. The first kappa shape index (κ1) is 8.30. The van der Waals surface area contributed by atoms with Gasteiger partial charge in [-0.25, -0.2) is 0 Å². The standard InChI is InChI=1S/C9H16N2S/c1-10-9(12)11-8-5-6-2-3-7(8)4-6/h6-8H,2-5H2,1H3,(H2,10,11,12)/t6-,7-,8-/m0/s1. The van der Waals surface area contributed by atoms with Crippen LogP contribution in [0, 0.1) is 11.8 Å². The lowest BCUT2D eigenvalue weighted by Crippen LogP contribution is -2.42. The maximum atomic E-state index is 5.09. The molecule has 0 aromatic heterocycles. The maximum Gasteiger partial charge on any atom is 0.166 e. The van der Waals surface area contributed by atoms with Crippen LogP contribution >= 0.6 is 12.2 Å². The molecule has 0 aromatic carbocycles. The molecule has 2 rings (SSSR count). The van der Waals surface area contributed by atoms with Crippen LogP contribution in [0.4, 0.5) is 0 Å². The molecule has 2 nitrogen and oxygen atoms in total. The van der Waals surface area contributed by atoms with Gasteiger partial charge < -0.3 is 10.6 Å². The van der Waals surface area contributed by atoms with Gasteiger partial charge in [0.2, 0.25) is 0 Å². The highest BCUT2D eigenvalue weighted by Gasteiger charge is 2.39. The predicted octanol–water partition coefficient (Wildman–Crippen LogP) is 1.27. The second kappa shape index (κ2) is 3.21. The normalized spacial score (nSPS) is 38.2. The lowest BCUT2D eigenvalue weighted by Gasteiger charge is -2.23. The number of hydrogen-bond acceptors (Lipinski definition) is 1. The van der Waals surface area contributed by atoms with Gasteiger partial charge in [0.15, 0.2) is 5.11 Å². The van der Waals surface area contributed by atoms with Gasteiger partial charge in [0.05, 0.1) is 0 Å². The van der Waals surface area contributed by atoms with Crippen molar-refractivity contribution in [2.24, 2.45) is 11.8 Å². The van der Waals surface area contributed by atoms with E-state index in [4.69, 9.17) is 12.2 Å². The van der Waals surface area contributed by atoms with Crippen molar-refractivity contribution in [2.75, 3.05) is 7.05 Å². The third kappa shape index (κ3) is 1.42. The van der Waals surface area contributed by atoms with E-state index in [1.165, 1.54) is 25.7 Å². The minimum Gasteiger partial charge on any atom is -0.366 e. The molecule has 2 bridgehead atoms. The molecule has 0 radical (unpaired) electrons. The summed E-state index contributed by atoms with van der Waals surface area (Å²) in [7, 11) is 1.88. The number of thiocarbonyl (C=S) groups is 1. The van der Waals surface area contributed by atoms with Crippen LogP contribution in [0.3, 0.4) is 0 Å². The van der Waals surface area contributed by atoms with Gasteiger partial charge in [-0.1, -0.05) is 6.42 Å². The lowest BCUT2D eigenvalue weighted by atomic mass is 9.96. The van der Waals surface area contributed by atoms with E-state index < -0.39 is 0 Å². The van der Waals surface area contributed by atoms with Crippen molar-refractivity contribution in [3.8, 4) is 0 Å². The van der Waals surface area contributed by atoms with Crippen LogP contribution in [0.1, 0.15) is 25.7 Å². The zero-order valence-electron chi connectivity index (χ0n) is 7.47. The summed E-state index contributed by atoms with van der Waals surface area (Å²) in [6.07, 6.45) is 5.64. The third-order valence-corrected chi connectivity index (χ3v) is 3.60. The summed E-state index contributed by atoms with van der Waals surface area (Å²) >= 11 is 5.09. The third-order valence-electron chi connectivity index (χ3n) is 3.28. The van der Waals surface area contributed by atoms with Gasteiger partial charge in [0.25, 0.3) is 0 Å². The van der Waals surface area contributed by atoms with Crippen LogP contribution in [0.25, 0.3) is 0 Å². The summed E-state index contributed by atoms with van der Waals surface area (Å²) in [5, 5.41) is 7.16. The molecule has 2 aliphatic rings. The number of nitrogens with one attached hydrogen (secondary N) is 2. The highest BCUT2D eigenvalue weighted by Crippen LogP contribution is 2.44. The van der Waals surface area contributed by atoms with Crippen LogP contribution in [-0.2, 0) is 0 Å². The van der Waals surface area contributed by atoms with Gasteiger partial charge in [-0.2, -0.15) is 0 Å². The Morgan fingerprint density at radius 1 is 1.33 bits per heavy atom. The molecular weight excluding hydrogens is 168 g/mol. The predicted molar refractivity (Wildman–Crippen MR) is 54.0 cm³/mol. The molecule has 0 aromatic rings. The summed E-state index contributed by atoms with van der Waals surface area (Å²) in [5.41, 5.74) is 0. The topological polar surface area (TPSA) is 24.1 Å². The van der Waals surface area contributed by atoms with Crippen LogP contribution in [0.2, 0.25) is 0 Å². The smallest absolute Gasteiger partial charge is 0.166 e. The first-order valence-corrected chi connectivity index (χ1v) is 5.18. The van der Waals surface area contributed by atoms with Gasteiger partial charge in [0.1, 0.15) is 0 Å². The molecule has 3 atom stereocenters. The SMILES string of the molecule is CNC(=S)N[C@H]1C[C@H]2CC[C@H]1C2. The van der Waals surface area contributed by atoms with Gasteiger partial charge in [-0.3, -0.25) is 0 Å². The maximum absolute atomic E-state index is 5.09. The number of hydrogen-bond donors (Lipinski definition) is 2. The van der Waals surface area contributed by atoms with E-state index in [0.29, 0.717) is 6.04 Å². The Morgan fingerprint density at radius 2 is 2.17 bits per heavy atom. The van der Waals surface area contributed by atoms with Gasteiger partial charge in [-0.05, 0) is 43.3 Å². The second-order valence-electron chi connectivity index (χ2n) is 4.00. The van der Waals surface area contributed by atoms with Crippen molar-refractivity contribution >= 4 is 17.3 Å². The molecule has 68 valence electrons. The van der Waals surface area contributed by atoms with Crippen molar-refractivity contribution in [3.63, 3.8) is 0 Å². The molecule has 2 saturated carbocycles. The van der Waals surface area contributed by atoms with Crippen molar-refractivity contribution in [2.45, 2.75) is 31.7 Å². The Hall–Kier alpha value is -0.310. The van der Waals surface area contributed by atoms with Crippen molar-refractivity contribution in [1.82, 2.24) is 10.6 Å². The Balaban J connectivity index is 1.86. The molecule has 3 heteroatoms. The van der Waals surface area contributed by atoms with Crippen LogP contribution in [0.5, 0.6) is 0 Å². The first-order chi connectivity index (χ1) is 5.79. The van der Waals surface area contributed by atoms with Crippen molar-refractivity contribution in [3.05, 3.63) is 0 Å². The molecule has 0 aliphatic heterocycles. The fraction of sp³-hybridized carbons (Fsp3) is 0.889. The summed E-state index contributed by atoms with van der Waals surface area (Å²) in [5.74, 6) is 1.90. The molecule has 2 N–H and O–H groups in total. The minimum absolute atomic E-state index is 0.670. The quantitative estimate of drug-likeness (QED) is 0.600. The molecule has 0 saturated heterocycles. The van der Waals surface area contributed by atoms with E-state index in [1.807, 2.05) is 7.05 Å². The fourth-order valence-corrected chi connectivity index (χ4v) is 2.81. The largest absolute Gasteiger partial charge is 0.366 e. The van der Waals surface area contributed by atoms with E-state index in [0.717, 1.165) is 16.9 Å². The van der Waals surface area contributed by atoms with E-state index in [9.17, 15) is 0 Å². The van der Waals surface area contributed by atoms with E-state index in [2.05, 4.69) is 10.6 Å². The molecule has 0 heterocycles. The average molecular weight is 184 g/mol. The highest BCUT2D eigenvalue weighted by atomic mass is 32.1. The number of fused-ring (bicyclic) bond motifs is 2. The van der Waals surface area contributed by atoms with Crippen molar-refractivity contribution in [1.29, 1.82) is 0 Å². The molecule has 0 unspecified atom stereocenters. The van der Waals surface area contributed by atoms with Gasteiger partial charge in [0, 0.05) is 13.1 Å². The van der Waals surface area contributed by atoms with Gasteiger partial charge in [-0.15, -0.1) is 0 Å². The summed E-state index contributed by atoms with van der Waals surface area (Å²) < 4.78 is 0. The first-order valence-electron chi connectivity index (χ1n) is 4.78. The summed E-state index contributed by atoms with van der Waals surface area (Å²) in [6, 6.07) is 0.670. The highest BCUT2D eigenvalue weighted by molar-refractivity contribution is 7.80. The minimum atomic E-state index is 0.670. The molecule has 0 spiro atoms. The zero-order chi connectivity index (χ0) is 8.55. The van der Waals surface area contributed by atoms with Crippen LogP contribution in [-0.4, -0.2) is 18.2 Å². The Morgan fingerprint density at radius 3 is 2.67 bits per heavy atom. The molecule has 2 fully saturated rings.